The van der Waals surface area contributed by atoms with Crippen molar-refractivity contribution in [3.05, 3.63) is 0 Å². The van der Waals surface area contributed by atoms with Crippen molar-refractivity contribution >= 4 is 0 Å². The molecule has 2 fully saturated rings. The minimum atomic E-state index is -5.96. The van der Waals surface area contributed by atoms with Crippen molar-refractivity contribution in [3.63, 3.8) is 0 Å². The number of hydrogen-bond donors (Lipinski definition) is 2. The summed E-state index contributed by atoms with van der Waals surface area (Å²) in [4.78, 5) is 0. The summed E-state index contributed by atoms with van der Waals surface area (Å²) in [6.07, 6.45) is -22.1. The molecule has 0 aliphatic heterocycles. The van der Waals surface area contributed by atoms with Crippen LogP contribution in [-0.4, -0.2) is 46.7 Å². The van der Waals surface area contributed by atoms with Gasteiger partial charge in [-0.05, 0) is 56.8 Å². The molecule has 2 bridgehead atoms. The molecule has 172 valence electrons. The van der Waals surface area contributed by atoms with E-state index in [-0.39, 0.29) is 25.2 Å². The monoisotopic (exact) mass is 446 g/mol. The zero-order chi connectivity index (χ0) is 22.6. The van der Waals surface area contributed by atoms with Crippen LogP contribution in [0.25, 0.3) is 0 Å². The van der Waals surface area contributed by atoms with E-state index in [9.17, 15) is 49.7 Å². The fourth-order valence-corrected chi connectivity index (χ4v) is 4.42. The van der Waals surface area contributed by atoms with Gasteiger partial charge in [-0.25, -0.2) is 0 Å². The zero-order valence-electron chi connectivity index (χ0n) is 15.6. The molecule has 0 saturated heterocycles. The van der Waals surface area contributed by atoms with Crippen molar-refractivity contribution in [2.24, 2.45) is 23.2 Å². The van der Waals surface area contributed by atoms with E-state index in [2.05, 4.69) is 0 Å². The normalized spacial score (nSPS) is 31.8. The summed E-state index contributed by atoms with van der Waals surface area (Å²) in [5.41, 5.74) is -7.55. The Kier molecular flexibility index (Phi) is 6.29. The van der Waals surface area contributed by atoms with Crippen molar-refractivity contribution in [2.45, 2.75) is 82.5 Å². The van der Waals surface area contributed by atoms with Gasteiger partial charge in [-0.2, -0.15) is 39.5 Å². The maximum atomic E-state index is 13.3. The van der Waals surface area contributed by atoms with Crippen LogP contribution in [0.4, 0.5) is 39.5 Å². The number of fused-ring (bicyclic) bond motifs is 2. The van der Waals surface area contributed by atoms with E-state index in [0.29, 0.717) is 0 Å². The van der Waals surface area contributed by atoms with Crippen molar-refractivity contribution in [1.82, 2.24) is 0 Å². The van der Waals surface area contributed by atoms with Crippen molar-refractivity contribution in [2.75, 3.05) is 0 Å². The van der Waals surface area contributed by atoms with E-state index in [0.717, 1.165) is 6.92 Å². The first kappa shape index (κ1) is 24.5. The number of halogens is 9. The third-order valence-electron chi connectivity index (χ3n) is 6.62. The zero-order valence-corrected chi connectivity index (χ0v) is 15.6. The third kappa shape index (κ3) is 4.21. The second-order valence-corrected chi connectivity index (χ2v) is 8.35. The van der Waals surface area contributed by atoms with E-state index in [1.54, 1.807) is 0 Å². The SMILES string of the molecule is CCC(C)([C@H](O)OC1CC2CC(CC(O)(C(F)(F)F)C(F)(F)F)C1C2)C(F)(F)F. The molecule has 0 aromatic heterocycles. The highest BCUT2D eigenvalue weighted by atomic mass is 19.4. The molecule has 0 spiro atoms. The van der Waals surface area contributed by atoms with E-state index < -0.39 is 66.6 Å². The molecule has 2 N–H and O–H groups in total. The average Bonchev–Trinajstić information content (AvgIpc) is 3.10. The summed E-state index contributed by atoms with van der Waals surface area (Å²) in [6, 6.07) is 0. The Labute approximate surface area is 161 Å². The van der Waals surface area contributed by atoms with Gasteiger partial charge in [0.1, 0.15) is 5.41 Å². The molecule has 0 aromatic rings. The second-order valence-electron chi connectivity index (χ2n) is 8.35. The molecular weight excluding hydrogens is 423 g/mol. The highest BCUT2D eigenvalue weighted by Crippen LogP contribution is 2.57. The summed E-state index contributed by atoms with van der Waals surface area (Å²) in [5, 5.41) is 19.4. The van der Waals surface area contributed by atoms with Crippen molar-refractivity contribution in [3.8, 4) is 0 Å². The standard InChI is InChI=1S/C17H23F9O3/c1-3-13(2,15(18,19)20)12(27)29-11-6-8-4-9(10(11)5-8)7-14(28,16(21,22)23)17(24,25)26/h8-12,27-28H,3-7H2,1-2H3/t8?,9?,10?,11?,12-,13?/m1/s1. The predicted molar refractivity (Wildman–Crippen MR) is 81.3 cm³/mol. The van der Waals surface area contributed by atoms with Crippen molar-refractivity contribution in [1.29, 1.82) is 0 Å². The van der Waals surface area contributed by atoms with E-state index >= 15 is 0 Å². The van der Waals surface area contributed by atoms with Gasteiger partial charge in [-0.3, -0.25) is 0 Å². The molecular formula is C17H23F9O3. The summed E-state index contributed by atoms with van der Waals surface area (Å²) in [7, 11) is 0. The highest BCUT2D eigenvalue weighted by Gasteiger charge is 2.71. The Bertz CT molecular complexity index is 572. The number of hydrogen-bond acceptors (Lipinski definition) is 3. The van der Waals surface area contributed by atoms with Crippen LogP contribution in [0.2, 0.25) is 0 Å². The van der Waals surface area contributed by atoms with E-state index in [1.165, 1.54) is 6.92 Å². The largest absolute Gasteiger partial charge is 0.426 e. The molecule has 0 aromatic carbocycles. The van der Waals surface area contributed by atoms with E-state index in [4.69, 9.17) is 4.74 Å². The first-order valence-corrected chi connectivity index (χ1v) is 9.13. The Morgan fingerprint density at radius 1 is 0.897 bits per heavy atom. The molecule has 2 aliphatic rings. The van der Waals surface area contributed by atoms with Crippen molar-refractivity contribution < 1.29 is 54.5 Å². The molecule has 3 nitrogen and oxygen atoms in total. The molecule has 2 rings (SSSR count). The summed E-state index contributed by atoms with van der Waals surface area (Å²) in [6.45, 7) is 1.91. The van der Waals surface area contributed by atoms with E-state index in [1.807, 2.05) is 0 Å². The van der Waals surface area contributed by atoms with Gasteiger partial charge in [0.05, 0.1) is 6.10 Å². The van der Waals surface area contributed by atoms with Crippen LogP contribution in [0.15, 0.2) is 0 Å². The number of aliphatic hydroxyl groups excluding tert-OH is 1. The van der Waals surface area contributed by atoms with Crippen LogP contribution >= 0.6 is 0 Å². The average molecular weight is 446 g/mol. The van der Waals surface area contributed by atoms with Crippen LogP contribution in [0.1, 0.15) is 46.0 Å². The number of ether oxygens (including phenoxy) is 1. The van der Waals surface area contributed by atoms with Crippen LogP contribution in [0.3, 0.4) is 0 Å². The van der Waals surface area contributed by atoms with Gasteiger partial charge in [-0.15, -0.1) is 0 Å². The topological polar surface area (TPSA) is 49.7 Å². The van der Waals surface area contributed by atoms with Gasteiger partial charge in [0.2, 0.25) is 0 Å². The Morgan fingerprint density at radius 3 is 1.79 bits per heavy atom. The highest BCUT2D eigenvalue weighted by molar-refractivity contribution is 5.03. The molecule has 0 heterocycles. The third-order valence-corrected chi connectivity index (χ3v) is 6.62. The second kappa shape index (κ2) is 7.44. The van der Waals surface area contributed by atoms with Crippen LogP contribution in [0, 0.1) is 23.2 Å². The molecule has 2 saturated carbocycles. The quantitative estimate of drug-likeness (QED) is 0.448. The fraction of sp³-hybridized carbons (Fsp3) is 1.00. The molecule has 12 heteroatoms. The molecule has 0 amide bonds. The Balaban J connectivity index is 2.17. The summed E-state index contributed by atoms with van der Waals surface area (Å²) in [5.74, 6) is -2.51. The molecule has 0 radical (unpaired) electrons. The lowest BCUT2D eigenvalue weighted by Gasteiger charge is -2.41. The number of rotatable bonds is 6. The van der Waals surface area contributed by atoms with Crippen LogP contribution in [0.5, 0.6) is 0 Å². The lowest BCUT2D eigenvalue weighted by Crippen LogP contribution is -2.58. The molecule has 2 aliphatic carbocycles. The van der Waals surface area contributed by atoms with Crippen LogP contribution in [-0.2, 0) is 4.74 Å². The van der Waals surface area contributed by atoms with Gasteiger partial charge in [-0.1, -0.05) is 6.92 Å². The Morgan fingerprint density at radius 2 is 1.41 bits per heavy atom. The first-order chi connectivity index (χ1) is 12.9. The minimum absolute atomic E-state index is 0.0284. The summed E-state index contributed by atoms with van der Waals surface area (Å²) >= 11 is 0. The lowest BCUT2D eigenvalue weighted by atomic mass is 9.78. The van der Waals surface area contributed by atoms with Crippen LogP contribution < -0.4 is 0 Å². The molecule has 6 atom stereocenters. The maximum absolute atomic E-state index is 13.3. The smallest absolute Gasteiger partial charge is 0.374 e. The molecule has 5 unspecified atom stereocenters. The van der Waals surface area contributed by atoms with Gasteiger partial charge in [0.25, 0.3) is 5.60 Å². The maximum Gasteiger partial charge on any atom is 0.426 e. The predicted octanol–water partition coefficient (Wildman–Crippen LogP) is 4.96. The van der Waals surface area contributed by atoms with Gasteiger partial charge in [0.15, 0.2) is 6.29 Å². The summed E-state index contributed by atoms with van der Waals surface area (Å²) < 4.78 is 123. The number of aliphatic hydroxyl groups is 2. The van der Waals surface area contributed by atoms with Gasteiger partial charge < -0.3 is 14.9 Å². The van der Waals surface area contributed by atoms with Gasteiger partial charge in [0, 0.05) is 0 Å². The number of alkyl halides is 9. The fourth-order valence-electron chi connectivity index (χ4n) is 4.42. The minimum Gasteiger partial charge on any atom is -0.374 e. The van der Waals surface area contributed by atoms with Gasteiger partial charge >= 0.3 is 18.5 Å². The first-order valence-electron chi connectivity index (χ1n) is 9.13. The Hall–Kier alpha value is -0.750. The molecule has 29 heavy (non-hydrogen) atoms. The lowest BCUT2D eigenvalue weighted by molar-refractivity contribution is -0.374.